The fourth-order valence-electron chi connectivity index (χ4n) is 1.22. The van der Waals surface area contributed by atoms with Gasteiger partial charge in [0.15, 0.2) is 0 Å². The maximum absolute atomic E-state index is 11.5. The number of rotatable bonds is 6. The van der Waals surface area contributed by atoms with Gasteiger partial charge in [0.05, 0.1) is 4.88 Å². The van der Waals surface area contributed by atoms with Crippen molar-refractivity contribution >= 4 is 28.8 Å². The second kappa shape index (κ2) is 6.85. The standard InChI is InChI=1S/C11H16ClNOS/c1-9(8-12)4-2-6-13-11(14)10-5-3-7-15-10/h3,5,7,9H,2,4,6,8H2,1H3,(H,13,14). The summed E-state index contributed by atoms with van der Waals surface area (Å²) in [5, 5.41) is 4.80. The van der Waals surface area contributed by atoms with E-state index in [4.69, 9.17) is 11.6 Å². The summed E-state index contributed by atoms with van der Waals surface area (Å²) in [6.07, 6.45) is 2.05. The Balaban J connectivity index is 2.13. The second-order valence-corrected chi connectivity index (χ2v) is 4.89. The van der Waals surface area contributed by atoms with Crippen LogP contribution in [-0.2, 0) is 0 Å². The van der Waals surface area contributed by atoms with Gasteiger partial charge in [-0.15, -0.1) is 22.9 Å². The van der Waals surface area contributed by atoms with Gasteiger partial charge in [0, 0.05) is 12.4 Å². The Morgan fingerprint density at radius 1 is 1.67 bits per heavy atom. The molecule has 2 nitrogen and oxygen atoms in total. The van der Waals surface area contributed by atoms with E-state index in [1.165, 1.54) is 11.3 Å². The van der Waals surface area contributed by atoms with Crippen molar-refractivity contribution in [1.82, 2.24) is 5.32 Å². The number of hydrogen-bond donors (Lipinski definition) is 1. The highest BCUT2D eigenvalue weighted by atomic mass is 35.5. The first-order valence-corrected chi connectivity index (χ1v) is 6.53. The fraction of sp³-hybridized carbons (Fsp3) is 0.545. The first-order valence-electron chi connectivity index (χ1n) is 5.11. The van der Waals surface area contributed by atoms with Crippen molar-refractivity contribution in [2.24, 2.45) is 5.92 Å². The Kier molecular flexibility index (Phi) is 5.73. The summed E-state index contributed by atoms with van der Waals surface area (Å²) in [4.78, 5) is 12.3. The molecule has 0 aliphatic heterocycles. The molecule has 15 heavy (non-hydrogen) atoms. The van der Waals surface area contributed by atoms with E-state index in [2.05, 4.69) is 12.2 Å². The minimum atomic E-state index is 0.0310. The number of nitrogens with one attached hydrogen (secondary N) is 1. The summed E-state index contributed by atoms with van der Waals surface area (Å²) in [5.74, 6) is 1.26. The van der Waals surface area contributed by atoms with Crippen molar-refractivity contribution < 1.29 is 4.79 Å². The number of amides is 1. The number of halogens is 1. The van der Waals surface area contributed by atoms with Crippen LogP contribution in [0.25, 0.3) is 0 Å². The maximum Gasteiger partial charge on any atom is 0.261 e. The SMILES string of the molecule is CC(CCl)CCCNC(=O)c1cccs1. The van der Waals surface area contributed by atoms with Crippen molar-refractivity contribution in [1.29, 1.82) is 0 Å². The monoisotopic (exact) mass is 245 g/mol. The van der Waals surface area contributed by atoms with Gasteiger partial charge < -0.3 is 5.32 Å². The highest BCUT2D eigenvalue weighted by Gasteiger charge is 2.05. The van der Waals surface area contributed by atoms with Crippen molar-refractivity contribution in [3.05, 3.63) is 22.4 Å². The average Bonchev–Trinajstić information content (AvgIpc) is 2.77. The van der Waals surface area contributed by atoms with Crippen LogP contribution in [0, 0.1) is 5.92 Å². The third kappa shape index (κ3) is 4.67. The zero-order valence-electron chi connectivity index (χ0n) is 8.83. The number of thiophene rings is 1. The van der Waals surface area contributed by atoms with Crippen molar-refractivity contribution in [3.8, 4) is 0 Å². The van der Waals surface area contributed by atoms with Gasteiger partial charge >= 0.3 is 0 Å². The second-order valence-electron chi connectivity index (χ2n) is 3.63. The van der Waals surface area contributed by atoms with Crippen LogP contribution in [0.2, 0.25) is 0 Å². The summed E-state index contributed by atoms with van der Waals surface area (Å²) in [7, 11) is 0. The van der Waals surface area contributed by atoms with E-state index in [9.17, 15) is 4.79 Å². The third-order valence-corrected chi connectivity index (χ3v) is 3.56. The summed E-state index contributed by atoms with van der Waals surface area (Å²) < 4.78 is 0. The van der Waals surface area contributed by atoms with Crippen LogP contribution < -0.4 is 5.32 Å². The molecule has 1 aromatic rings. The zero-order valence-corrected chi connectivity index (χ0v) is 10.4. The fourth-order valence-corrected chi connectivity index (χ4v) is 2.02. The predicted molar refractivity (Wildman–Crippen MR) is 65.8 cm³/mol. The van der Waals surface area contributed by atoms with E-state index < -0.39 is 0 Å². The van der Waals surface area contributed by atoms with Gasteiger partial charge in [0.2, 0.25) is 0 Å². The molecule has 1 unspecified atom stereocenters. The zero-order chi connectivity index (χ0) is 11.1. The summed E-state index contributed by atoms with van der Waals surface area (Å²) >= 11 is 7.16. The molecule has 4 heteroatoms. The van der Waals surface area contributed by atoms with E-state index in [0.29, 0.717) is 11.8 Å². The third-order valence-electron chi connectivity index (χ3n) is 2.17. The lowest BCUT2D eigenvalue weighted by Gasteiger charge is -2.07. The molecular formula is C11H16ClNOS. The van der Waals surface area contributed by atoms with Crippen LogP contribution in [0.4, 0.5) is 0 Å². The lowest BCUT2D eigenvalue weighted by Crippen LogP contribution is -2.23. The molecule has 0 aromatic carbocycles. The lowest BCUT2D eigenvalue weighted by molar-refractivity contribution is 0.0956. The van der Waals surface area contributed by atoms with Crippen LogP contribution in [-0.4, -0.2) is 18.3 Å². The topological polar surface area (TPSA) is 29.1 Å². The number of hydrogen-bond acceptors (Lipinski definition) is 2. The minimum Gasteiger partial charge on any atom is -0.351 e. The molecule has 84 valence electrons. The van der Waals surface area contributed by atoms with Gasteiger partial charge in [0.1, 0.15) is 0 Å². The molecule has 1 amide bonds. The van der Waals surface area contributed by atoms with Crippen molar-refractivity contribution in [2.75, 3.05) is 12.4 Å². The van der Waals surface area contributed by atoms with Crippen LogP contribution in [0.1, 0.15) is 29.4 Å². The molecule has 1 rings (SSSR count). The van der Waals surface area contributed by atoms with Gasteiger partial charge in [-0.2, -0.15) is 0 Å². The Hall–Kier alpha value is -0.540. The average molecular weight is 246 g/mol. The molecule has 0 aliphatic carbocycles. The number of alkyl halides is 1. The Labute approximate surface area is 99.6 Å². The Morgan fingerprint density at radius 2 is 2.47 bits per heavy atom. The van der Waals surface area contributed by atoms with E-state index in [1.807, 2.05) is 17.5 Å². The first-order chi connectivity index (χ1) is 7.24. The summed E-state index contributed by atoms with van der Waals surface area (Å²) in [6.45, 7) is 2.85. The van der Waals surface area contributed by atoms with Gasteiger partial charge in [-0.3, -0.25) is 4.79 Å². The van der Waals surface area contributed by atoms with E-state index in [1.54, 1.807) is 0 Å². The van der Waals surface area contributed by atoms with Crippen LogP contribution >= 0.6 is 22.9 Å². The van der Waals surface area contributed by atoms with Crippen molar-refractivity contribution in [3.63, 3.8) is 0 Å². The molecule has 1 heterocycles. The molecule has 1 N–H and O–H groups in total. The molecule has 0 bridgehead atoms. The molecular weight excluding hydrogens is 230 g/mol. The van der Waals surface area contributed by atoms with Crippen LogP contribution in [0.3, 0.4) is 0 Å². The van der Waals surface area contributed by atoms with E-state index in [-0.39, 0.29) is 5.91 Å². The molecule has 0 spiro atoms. The number of carbonyl (C=O) groups excluding carboxylic acids is 1. The molecule has 1 atom stereocenters. The molecule has 0 fully saturated rings. The maximum atomic E-state index is 11.5. The van der Waals surface area contributed by atoms with E-state index in [0.717, 1.165) is 24.3 Å². The minimum absolute atomic E-state index is 0.0310. The van der Waals surface area contributed by atoms with Gasteiger partial charge in [-0.1, -0.05) is 13.0 Å². The molecule has 1 aromatic heterocycles. The smallest absolute Gasteiger partial charge is 0.261 e. The van der Waals surface area contributed by atoms with Crippen molar-refractivity contribution in [2.45, 2.75) is 19.8 Å². The molecule has 0 saturated heterocycles. The first kappa shape index (κ1) is 12.5. The molecule has 0 aliphatic rings. The van der Waals surface area contributed by atoms with E-state index >= 15 is 0 Å². The highest BCUT2D eigenvalue weighted by molar-refractivity contribution is 7.12. The van der Waals surface area contributed by atoms with Crippen LogP contribution in [0.15, 0.2) is 17.5 Å². The van der Waals surface area contributed by atoms with Crippen LogP contribution in [0.5, 0.6) is 0 Å². The summed E-state index contributed by atoms with van der Waals surface area (Å²) in [5.41, 5.74) is 0. The largest absolute Gasteiger partial charge is 0.351 e. The molecule has 0 radical (unpaired) electrons. The normalized spacial score (nSPS) is 12.4. The predicted octanol–water partition coefficient (Wildman–Crippen LogP) is 3.13. The van der Waals surface area contributed by atoms with Gasteiger partial charge in [0.25, 0.3) is 5.91 Å². The lowest BCUT2D eigenvalue weighted by atomic mass is 10.1. The Morgan fingerprint density at radius 3 is 3.07 bits per heavy atom. The highest BCUT2D eigenvalue weighted by Crippen LogP contribution is 2.09. The quantitative estimate of drug-likeness (QED) is 0.606. The number of carbonyl (C=O) groups is 1. The molecule has 0 saturated carbocycles. The summed E-state index contributed by atoms with van der Waals surface area (Å²) in [6, 6.07) is 3.72. The van der Waals surface area contributed by atoms with Gasteiger partial charge in [-0.25, -0.2) is 0 Å². The Bertz CT molecular complexity index is 287. The van der Waals surface area contributed by atoms with Gasteiger partial charge in [-0.05, 0) is 30.2 Å².